The van der Waals surface area contributed by atoms with E-state index >= 15 is 0 Å². The van der Waals surface area contributed by atoms with Gasteiger partial charge in [-0.2, -0.15) is 0 Å². The molecule has 1 fully saturated rings. The molecule has 0 aliphatic carbocycles. The lowest BCUT2D eigenvalue weighted by molar-refractivity contribution is 0.166. The van der Waals surface area contributed by atoms with Gasteiger partial charge in [-0.3, -0.25) is 4.57 Å². The molecule has 0 amide bonds. The molecule has 0 aromatic rings. The molecule has 0 radical (unpaired) electrons. The second-order valence-corrected chi connectivity index (χ2v) is 6.06. The number of rotatable bonds is 1. The normalized spacial score (nSPS) is 36.1. The SMILES string of the molecule is C#CC1COP(=O)(N(C)C)N(C)C1. The van der Waals surface area contributed by atoms with Gasteiger partial charge in [-0.15, -0.1) is 6.42 Å². The van der Waals surface area contributed by atoms with Crippen LogP contribution in [-0.4, -0.2) is 43.6 Å². The monoisotopic (exact) mass is 202 g/mol. The molecule has 1 rings (SSSR count). The zero-order valence-electron chi connectivity index (χ0n) is 8.23. The van der Waals surface area contributed by atoms with E-state index in [2.05, 4.69) is 5.92 Å². The second-order valence-electron chi connectivity index (χ2n) is 3.34. The van der Waals surface area contributed by atoms with E-state index in [0.29, 0.717) is 13.2 Å². The molecule has 1 aliphatic rings. The van der Waals surface area contributed by atoms with Gasteiger partial charge >= 0.3 is 7.67 Å². The maximum atomic E-state index is 12.1. The van der Waals surface area contributed by atoms with E-state index in [4.69, 9.17) is 10.9 Å². The van der Waals surface area contributed by atoms with E-state index in [-0.39, 0.29) is 5.92 Å². The lowest BCUT2D eigenvalue weighted by Gasteiger charge is -2.37. The summed E-state index contributed by atoms with van der Waals surface area (Å²) in [4.78, 5) is 0. The maximum Gasteiger partial charge on any atom is 0.345 e. The summed E-state index contributed by atoms with van der Waals surface area (Å²) in [7, 11) is 2.50. The van der Waals surface area contributed by atoms with Crippen LogP contribution in [0.1, 0.15) is 0 Å². The van der Waals surface area contributed by atoms with Crippen LogP contribution in [0.2, 0.25) is 0 Å². The third-order valence-corrected chi connectivity index (χ3v) is 4.62. The van der Waals surface area contributed by atoms with Gasteiger partial charge in [0.25, 0.3) is 0 Å². The van der Waals surface area contributed by atoms with Crippen molar-refractivity contribution in [2.24, 2.45) is 5.92 Å². The van der Waals surface area contributed by atoms with Crippen LogP contribution >= 0.6 is 7.67 Å². The summed E-state index contributed by atoms with van der Waals surface area (Å²) in [6, 6.07) is 0. The van der Waals surface area contributed by atoms with Crippen LogP contribution in [0.3, 0.4) is 0 Å². The quantitative estimate of drug-likeness (QED) is 0.466. The highest BCUT2D eigenvalue weighted by Gasteiger charge is 2.37. The smallest absolute Gasteiger partial charge is 0.305 e. The van der Waals surface area contributed by atoms with Crippen molar-refractivity contribution in [3.05, 3.63) is 0 Å². The zero-order valence-corrected chi connectivity index (χ0v) is 9.12. The molecule has 5 heteroatoms. The van der Waals surface area contributed by atoms with Gasteiger partial charge in [0.2, 0.25) is 0 Å². The summed E-state index contributed by atoms with van der Waals surface area (Å²) >= 11 is 0. The number of hydrogen-bond acceptors (Lipinski definition) is 2. The van der Waals surface area contributed by atoms with Crippen LogP contribution in [0.15, 0.2) is 0 Å². The topological polar surface area (TPSA) is 32.8 Å². The van der Waals surface area contributed by atoms with Crippen LogP contribution in [0.4, 0.5) is 0 Å². The van der Waals surface area contributed by atoms with Gasteiger partial charge in [-0.1, -0.05) is 5.92 Å². The molecule has 13 heavy (non-hydrogen) atoms. The molecule has 0 aromatic heterocycles. The summed E-state index contributed by atoms with van der Waals surface area (Å²) < 4.78 is 20.7. The van der Waals surface area contributed by atoms with Gasteiger partial charge in [-0.05, 0) is 21.1 Å². The number of hydrogen-bond donors (Lipinski definition) is 0. The molecule has 0 bridgehead atoms. The van der Waals surface area contributed by atoms with Crippen molar-refractivity contribution in [1.29, 1.82) is 0 Å². The standard InChI is InChI=1S/C8H15N2O2P/c1-5-8-6-10(4)13(11,9(2)3)12-7-8/h1,8H,6-7H2,2-4H3. The van der Waals surface area contributed by atoms with E-state index in [1.54, 1.807) is 30.5 Å². The van der Waals surface area contributed by atoms with Crippen LogP contribution in [0, 0.1) is 18.3 Å². The lowest BCUT2D eigenvalue weighted by Crippen LogP contribution is -2.36. The fraction of sp³-hybridized carbons (Fsp3) is 0.750. The van der Waals surface area contributed by atoms with Crippen LogP contribution in [0.5, 0.6) is 0 Å². The van der Waals surface area contributed by atoms with Gasteiger partial charge in [0.05, 0.1) is 12.5 Å². The Morgan fingerprint density at radius 1 is 1.69 bits per heavy atom. The van der Waals surface area contributed by atoms with Crippen LogP contribution in [0.25, 0.3) is 0 Å². The summed E-state index contributed by atoms with van der Waals surface area (Å²) in [6.07, 6.45) is 5.27. The Bertz CT molecular complexity index is 272. The van der Waals surface area contributed by atoms with Gasteiger partial charge in [0.15, 0.2) is 0 Å². The van der Waals surface area contributed by atoms with E-state index in [0.717, 1.165) is 0 Å². The highest BCUT2D eigenvalue weighted by atomic mass is 31.2. The minimum absolute atomic E-state index is 0.0482. The third kappa shape index (κ3) is 1.95. The first-order chi connectivity index (χ1) is 6.00. The summed E-state index contributed by atoms with van der Waals surface area (Å²) in [5.41, 5.74) is 0. The maximum absolute atomic E-state index is 12.1. The van der Waals surface area contributed by atoms with Crippen molar-refractivity contribution >= 4 is 7.67 Å². The molecule has 1 heterocycles. The van der Waals surface area contributed by atoms with Crippen LogP contribution in [-0.2, 0) is 9.09 Å². The molecule has 2 unspecified atom stereocenters. The summed E-state index contributed by atoms with van der Waals surface area (Å²) in [5.74, 6) is 2.65. The zero-order chi connectivity index (χ0) is 10.1. The predicted molar refractivity (Wildman–Crippen MR) is 52.2 cm³/mol. The highest BCUT2D eigenvalue weighted by molar-refractivity contribution is 7.53. The van der Waals surface area contributed by atoms with Gasteiger partial charge < -0.3 is 4.52 Å². The van der Waals surface area contributed by atoms with Crippen LogP contribution < -0.4 is 0 Å². The third-order valence-electron chi connectivity index (χ3n) is 2.10. The van der Waals surface area contributed by atoms with Gasteiger partial charge in [-0.25, -0.2) is 9.34 Å². The molecule has 4 nitrogen and oxygen atoms in total. The Kier molecular flexibility index (Phi) is 3.15. The van der Waals surface area contributed by atoms with Crippen molar-refractivity contribution in [3.8, 4) is 12.3 Å². The Balaban J connectivity index is 2.75. The van der Waals surface area contributed by atoms with Crippen molar-refractivity contribution in [3.63, 3.8) is 0 Å². The first-order valence-corrected chi connectivity index (χ1v) is 5.64. The molecule has 0 spiro atoms. The molecule has 74 valence electrons. The highest BCUT2D eigenvalue weighted by Crippen LogP contribution is 2.54. The lowest BCUT2D eigenvalue weighted by atomic mass is 10.2. The molecular formula is C8H15N2O2P. The molecule has 1 aliphatic heterocycles. The average molecular weight is 202 g/mol. The first kappa shape index (κ1) is 10.7. The van der Waals surface area contributed by atoms with Crippen molar-refractivity contribution in [2.45, 2.75) is 0 Å². The number of nitrogens with zero attached hydrogens (tertiary/aromatic N) is 2. The largest absolute Gasteiger partial charge is 0.345 e. The van der Waals surface area contributed by atoms with Crippen molar-refractivity contribution in [1.82, 2.24) is 9.34 Å². The average Bonchev–Trinajstić information content (AvgIpc) is 2.09. The van der Waals surface area contributed by atoms with Crippen molar-refractivity contribution < 1.29 is 9.09 Å². The molecule has 2 atom stereocenters. The van der Waals surface area contributed by atoms with Crippen molar-refractivity contribution in [2.75, 3.05) is 34.3 Å². The Morgan fingerprint density at radius 3 is 2.69 bits per heavy atom. The van der Waals surface area contributed by atoms with Gasteiger partial charge in [0.1, 0.15) is 0 Å². The summed E-state index contributed by atoms with van der Waals surface area (Å²) in [6.45, 7) is 1.02. The fourth-order valence-corrected chi connectivity index (χ4v) is 3.10. The fourth-order valence-electron chi connectivity index (χ4n) is 1.28. The molecule has 0 saturated carbocycles. The minimum Gasteiger partial charge on any atom is -0.305 e. The van der Waals surface area contributed by atoms with E-state index in [1.165, 1.54) is 0 Å². The molecule has 0 aromatic carbocycles. The first-order valence-electron chi connectivity index (χ1n) is 4.11. The second kappa shape index (κ2) is 3.81. The Labute approximate surface area is 79.4 Å². The summed E-state index contributed by atoms with van der Waals surface area (Å²) in [5, 5.41) is 0. The number of terminal acetylenes is 1. The van der Waals surface area contributed by atoms with E-state index in [1.807, 2.05) is 0 Å². The predicted octanol–water partition coefficient (Wildman–Crippen LogP) is 0.867. The van der Waals surface area contributed by atoms with E-state index < -0.39 is 7.67 Å². The molecule has 0 N–H and O–H groups in total. The van der Waals surface area contributed by atoms with E-state index in [9.17, 15) is 4.57 Å². The molecule has 1 saturated heterocycles. The minimum atomic E-state index is -2.76. The Morgan fingerprint density at radius 2 is 2.31 bits per heavy atom. The van der Waals surface area contributed by atoms with Gasteiger partial charge in [0, 0.05) is 6.54 Å². The Hall–Kier alpha value is -0.330. The molecular weight excluding hydrogens is 187 g/mol.